The molecule has 0 saturated carbocycles. The summed E-state index contributed by atoms with van der Waals surface area (Å²) in [6.07, 6.45) is -2.15. The Bertz CT molecular complexity index is 1150. The zero-order valence-corrected chi connectivity index (χ0v) is 16.6. The molecule has 1 aliphatic rings. The van der Waals surface area contributed by atoms with E-state index in [1.165, 1.54) is 12.1 Å². The van der Waals surface area contributed by atoms with Gasteiger partial charge in [0.2, 0.25) is 5.95 Å². The Labute approximate surface area is 176 Å². The lowest BCUT2D eigenvalue weighted by molar-refractivity contribution is -0.137. The van der Waals surface area contributed by atoms with Gasteiger partial charge in [-0.3, -0.25) is 4.79 Å². The summed E-state index contributed by atoms with van der Waals surface area (Å²) in [5.41, 5.74) is 7.62. The maximum absolute atomic E-state index is 12.9. The molecule has 0 saturated heterocycles. The Morgan fingerprint density at radius 3 is 2.77 bits per heavy atom. The van der Waals surface area contributed by atoms with Crippen LogP contribution >= 0.6 is 0 Å². The third-order valence-electron chi connectivity index (χ3n) is 4.93. The van der Waals surface area contributed by atoms with E-state index in [-0.39, 0.29) is 11.6 Å². The summed E-state index contributed by atoms with van der Waals surface area (Å²) in [5.74, 6) is 0.311. The van der Waals surface area contributed by atoms with E-state index in [2.05, 4.69) is 20.3 Å². The number of nitrogens with one attached hydrogen (secondary N) is 1. The molecule has 1 aromatic carbocycles. The van der Waals surface area contributed by atoms with Gasteiger partial charge >= 0.3 is 6.18 Å². The van der Waals surface area contributed by atoms with Crippen molar-refractivity contribution in [2.45, 2.75) is 26.1 Å². The van der Waals surface area contributed by atoms with E-state index < -0.39 is 17.6 Å². The molecule has 160 valence electrons. The molecule has 7 nitrogen and oxygen atoms in total. The fourth-order valence-corrected chi connectivity index (χ4v) is 3.45. The number of hydrogen-bond acceptors (Lipinski definition) is 6. The highest BCUT2D eigenvalue weighted by molar-refractivity contribution is 6.04. The van der Waals surface area contributed by atoms with Crippen LogP contribution in [0.3, 0.4) is 0 Å². The first-order chi connectivity index (χ1) is 14.7. The van der Waals surface area contributed by atoms with Crippen molar-refractivity contribution in [1.82, 2.24) is 15.0 Å². The second-order valence-electron chi connectivity index (χ2n) is 7.26. The molecule has 0 radical (unpaired) electrons. The lowest BCUT2D eigenvalue weighted by atomic mass is 10.1. The molecule has 0 spiro atoms. The minimum Gasteiger partial charge on any atom is -0.368 e. The molecule has 2 aromatic heterocycles. The van der Waals surface area contributed by atoms with Crippen molar-refractivity contribution in [1.29, 1.82) is 0 Å². The highest BCUT2D eigenvalue weighted by atomic mass is 19.4. The molecule has 4 rings (SSSR count). The van der Waals surface area contributed by atoms with Crippen LogP contribution in [0.25, 0.3) is 0 Å². The van der Waals surface area contributed by atoms with Crippen LogP contribution in [0.15, 0.2) is 42.6 Å². The number of rotatable bonds is 3. The molecule has 3 aromatic rings. The number of nitrogens with two attached hydrogens (primary N) is 1. The van der Waals surface area contributed by atoms with E-state index in [0.29, 0.717) is 36.6 Å². The largest absolute Gasteiger partial charge is 0.416 e. The minimum atomic E-state index is -4.49. The molecule has 0 fully saturated rings. The molecule has 0 unspecified atom stereocenters. The molecule has 10 heteroatoms. The topological polar surface area (TPSA) is 97.0 Å². The summed E-state index contributed by atoms with van der Waals surface area (Å²) < 4.78 is 38.8. The van der Waals surface area contributed by atoms with E-state index in [4.69, 9.17) is 5.73 Å². The van der Waals surface area contributed by atoms with Crippen molar-refractivity contribution in [3.8, 4) is 0 Å². The summed E-state index contributed by atoms with van der Waals surface area (Å²) in [4.78, 5) is 27.5. The summed E-state index contributed by atoms with van der Waals surface area (Å²) in [7, 11) is 0. The van der Waals surface area contributed by atoms with E-state index >= 15 is 0 Å². The molecule has 3 N–H and O–H groups in total. The molecular weight excluding hydrogens is 409 g/mol. The van der Waals surface area contributed by atoms with Gasteiger partial charge in [0, 0.05) is 48.2 Å². The molecular formula is C21H19F3N6O. The quantitative estimate of drug-likeness (QED) is 0.662. The average molecular weight is 428 g/mol. The summed E-state index contributed by atoms with van der Waals surface area (Å²) in [6.45, 7) is 2.90. The molecule has 0 aliphatic carbocycles. The zero-order chi connectivity index (χ0) is 22.2. The molecule has 0 bridgehead atoms. The van der Waals surface area contributed by atoms with Crippen LogP contribution < -0.4 is 16.0 Å². The maximum atomic E-state index is 12.9. The Morgan fingerprint density at radius 1 is 1.19 bits per heavy atom. The van der Waals surface area contributed by atoms with Gasteiger partial charge in [-0.1, -0.05) is 6.07 Å². The first-order valence-corrected chi connectivity index (χ1v) is 9.51. The first-order valence-electron chi connectivity index (χ1n) is 9.51. The van der Waals surface area contributed by atoms with Gasteiger partial charge in [0.15, 0.2) is 0 Å². The average Bonchev–Trinajstić information content (AvgIpc) is 2.72. The standard InChI is InChI=1S/C21H19F3N6O/c1-12-7-13(19(31)28-16-4-2-3-15(9-16)21(22,23)24)8-18(27-12)30-6-5-17-14(11-30)10-26-20(25)29-17/h2-4,7-10H,5-6,11H2,1H3,(H,28,31)(H2,25,26,29). The number of carbonyl (C=O) groups excluding carboxylic acids is 1. The summed E-state index contributed by atoms with van der Waals surface area (Å²) in [6, 6.07) is 7.74. The Kier molecular flexibility index (Phi) is 5.22. The van der Waals surface area contributed by atoms with Crippen LogP contribution in [0.5, 0.6) is 0 Å². The second-order valence-corrected chi connectivity index (χ2v) is 7.26. The van der Waals surface area contributed by atoms with E-state index in [1.54, 1.807) is 25.3 Å². The third kappa shape index (κ3) is 4.57. The normalized spacial score (nSPS) is 13.6. The Balaban J connectivity index is 1.56. The van der Waals surface area contributed by atoms with Gasteiger partial charge in [-0.05, 0) is 37.3 Å². The predicted molar refractivity (Wildman–Crippen MR) is 110 cm³/mol. The van der Waals surface area contributed by atoms with Crippen LogP contribution in [0.4, 0.5) is 30.6 Å². The van der Waals surface area contributed by atoms with Crippen molar-refractivity contribution < 1.29 is 18.0 Å². The number of nitrogen functional groups attached to an aromatic ring is 1. The number of nitrogens with zero attached hydrogens (tertiary/aromatic N) is 4. The number of anilines is 3. The fraction of sp³-hybridized carbons (Fsp3) is 0.238. The van der Waals surface area contributed by atoms with Gasteiger partial charge in [0.05, 0.1) is 11.3 Å². The smallest absolute Gasteiger partial charge is 0.368 e. The second kappa shape index (κ2) is 7.86. The highest BCUT2D eigenvalue weighted by Crippen LogP contribution is 2.31. The number of aromatic nitrogens is 3. The molecule has 3 heterocycles. The van der Waals surface area contributed by atoms with Crippen molar-refractivity contribution in [2.75, 3.05) is 22.5 Å². The number of hydrogen-bond donors (Lipinski definition) is 2. The number of fused-ring (bicyclic) bond motifs is 1. The third-order valence-corrected chi connectivity index (χ3v) is 4.93. The van der Waals surface area contributed by atoms with Gasteiger partial charge in [0.1, 0.15) is 5.82 Å². The van der Waals surface area contributed by atoms with Gasteiger partial charge in [0.25, 0.3) is 5.91 Å². The van der Waals surface area contributed by atoms with E-state index in [0.717, 1.165) is 23.4 Å². The monoisotopic (exact) mass is 428 g/mol. The van der Waals surface area contributed by atoms with Gasteiger partial charge in [-0.2, -0.15) is 13.2 Å². The lowest BCUT2D eigenvalue weighted by Crippen LogP contribution is -2.32. The van der Waals surface area contributed by atoms with Crippen LogP contribution in [0.2, 0.25) is 0 Å². The van der Waals surface area contributed by atoms with Gasteiger partial charge < -0.3 is 16.0 Å². The lowest BCUT2D eigenvalue weighted by Gasteiger charge is -2.29. The van der Waals surface area contributed by atoms with Crippen LogP contribution in [0, 0.1) is 6.92 Å². The minimum absolute atomic E-state index is 0.0671. The molecule has 1 aliphatic heterocycles. The number of alkyl halides is 3. The van der Waals surface area contributed by atoms with Crippen molar-refractivity contribution in [2.24, 2.45) is 0 Å². The number of benzene rings is 1. The number of halogens is 3. The van der Waals surface area contributed by atoms with E-state index in [1.807, 2.05) is 4.90 Å². The first kappa shape index (κ1) is 20.6. The molecule has 1 amide bonds. The summed E-state index contributed by atoms with van der Waals surface area (Å²) >= 11 is 0. The highest BCUT2D eigenvalue weighted by Gasteiger charge is 2.30. The number of aryl methyl sites for hydroxylation is 1. The number of amides is 1. The maximum Gasteiger partial charge on any atom is 0.416 e. The summed E-state index contributed by atoms with van der Waals surface area (Å²) in [5, 5.41) is 2.53. The SMILES string of the molecule is Cc1cc(C(=O)Nc2cccc(C(F)(F)F)c2)cc(N2CCc3nc(N)ncc3C2)n1. The molecule has 0 atom stereocenters. The zero-order valence-electron chi connectivity index (χ0n) is 16.6. The van der Waals surface area contributed by atoms with Crippen molar-refractivity contribution in [3.05, 3.63) is 70.7 Å². The van der Waals surface area contributed by atoms with Crippen molar-refractivity contribution >= 4 is 23.4 Å². The number of pyridine rings is 1. The molecule has 31 heavy (non-hydrogen) atoms. The van der Waals surface area contributed by atoms with Gasteiger partial charge in [-0.25, -0.2) is 15.0 Å². The Morgan fingerprint density at radius 2 is 2.00 bits per heavy atom. The van der Waals surface area contributed by atoms with Gasteiger partial charge in [-0.15, -0.1) is 0 Å². The predicted octanol–water partition coefficient (Wildman–Crippen LogP) is 3.60. The fourth-order valence-electron chi connectivity index (χ4n) is 3.45. The van der Waals surface area contributed by atoms with Crippen LogP contribution in [-0.2, 0) is 19.1 Å². The van der Waals surface area contributed by atoms with E-state index in [9.17, 15) is 18.0 Å². The number of carbonyl (C=O) groups is 1. The Hall–Kier alpha value is -3.69. The van der Waals surface area contributed by atoms with Crippen LogP contribution in [-0.4, -0.2) is 27.4 Å². The van der Waals surface area contributed by atoms with Crippen LogP contribution in [0.1, 0.15) is 32.9 Å². The van der Waals surface area contributed by atoms with Crippen molar-refractivity contribution in [3.63, 3.8) is 0 Å².